The van der Waals surface area contributed by atoms with Crippen LogP contribution in [0.5, 0.6) is 0 Å². The molecule has 0 saturated carbocycles. The van der Waals surface area contributed by atoms with Crippen LogP contribution in [0, 0.1) is 6.92 Å². The smallest absolute Gasteiger partial charge is 0.0513 e. The van der Waals surface area contributed by atoms with Gasteiger partial charge in [0.05, 0.1) is 5.69 Å². The molecular formula is C13H19BrN2. The van der Waals surface area contributed by atoms with Crippen LogP contribution < -0.4 is 10.2 Å². The van der Waals surface area contributed by atoms with Crippen LogP contribution in [-0.4, -0.2) is 25.7 Å². The van der Waals surface area contributed by atoms with Gasteiger partial charge in [0.1, 0.15) is 0 Å². The fraction of sp³-hybridized carbons (Fsp3) is 0.538. The zero-order valence-corrected chi connectivity index (χ0v) is 11.5. The number of hydrogen-bond donors (Lipinski definition) is 1. The van der Waals surface area contributed by atoms with Crippen LogP contribution in [0.3, 0.4) is 0 Å². The molecule has 1 aliphatic heterocycles. The van der Waals surface area contributed by atoms with Crippen LogP contribution in [-0.2, 0) is 0 Å². The lowest BCUT2D eigenvalue weighted by Crippen LogP contribution is -2.35. The van der Waals surface area contributed by atoms with Gasteiger partial charge in [-0.2, -0.15) is 0 Å². The fourth-order valence-electron chi connectivity index (χ4n) is 2.20. The predicted molar refractivity (Wildman–Crippen MR) is 73.2 cm³/mol. The molecule has 1 N–H and O–H groups in total. The summed E-state index contributed by atoms with van der Waals surface area (Å²) in [6, 6.07) is 7.05. The number of anilines is 1. The van der Waals surface area contributed by atoms with E-state index in [0.29, 0.717) is 6.04 Å². The molecule has 1 aromatic carbocycles. The molecule has 0 spiro atoms. The van der Waals surface area contributed by atoms with Gasteiger partial charge in [0.2, 0.25) is 0 Å². The van der Waals surface area contributed by atoms with Crippen molar-refractivity contribution in [1.29, 1.82) is 0 Å². The molecule has 0 amide bonds. The number of nitrogens with one attached hydrogen (secondary N) is 1. The highest BCUT2D eigenvalue weighted by atomic mass is 79.9. The molecule has 1 aliphatic rings. The molecule has 16 heavy (non-hydrogen) atoms. The largest absolute Gasteiger partial charge is 0.369 e. The third-order valence-electron chi connectivity index (χ3n) is 3.10. The Balaban J connectivity index is 2.24. The summed E-state index contributed by atoms with van der Waals surface area (Å²) < 4.78 is 1.24. The summed E-state index contributed by atoms with van der Waals surface area (Å²) in [6.45, 7) is 7.75. The predicted octanol–water partition coefficient (Wildman–Crippen LogP) is 2.95. The Kier molecular flexibility index (Phi) is 3.87. The number of rotatable bonds is 1. The van der Waals surface area contributed by atoms with Crippen molar-refractivity contribution < 1.29 is 0 Å². The summed E-state index contributed by atoms with van der Waals surface area (Å²) in [4.78, 5) is 2.47. The summed E-state index contributed by atoms with van der Waals surface area (Å²) >= 11 is 3.70. The van der Waals surface area contributed by atoms with Crippen molar-refractivity contribution >= 4 is 21.6 Å². The summed E-state index contributed by atoms with van der Waals surface area (Å²) in [5.74, 6) is 0. The molecule has 1 aromatic rings. The lowest BCUT2D eigenvalue weighted by atomic mass is 10.2. The van der Waals surface area contributed by atoms with Crippen LogP contribution in [0.15, 0.2) is 22.7 Å². The zero-order chi connectivity index (χ0) is 11.5. The van der Waals surface area contributed by atoms with Gasteiger partial charge in [0.25, 0.3) is 0 Å². The first-order valence-electron chi connectivity index (χ1n) is 5.92. The number of hydrogen-bond acceptors (Lipinski definition) is 2. The topological polar surface area (TPSA) is 15.3 Å². The minimum atomic E-state index is 0.565. The lowest BCUT2D eigenvalue weighted by molar-refractivity contribution is 0.584. The second-order valence-electron chi connectivity index (χ2n) is 4.56. The van der Waals surface area contributed by atoms with Gasteiger partial charge >= 0.3 is 0 Å². The lowest BCUT2D eigenvalue weighted by Gasteiger charge is -2.26. The molecule has 1 saturated heterocycles. The van der Waals surface area contributed by atoms with Crippen molar-refractivity contribution in [1.82, 2.24) is 5.32 Å². The Labute approximate surface area is 106 Å². The Morgan fingerprint density at radius 1 is 1.44 bits per heavy atom. The zero-order valence-electron chi connectivity index (χ0n) is 9.96. The van der Waals surface area contributed by atoms with Crippen molar-refractivity contribution in [2.24, 2.45) is 0 Å². The summed E-state index contributed by atoms with van der Waals surface area (Å²) in [5, 5.41) is 3.52. The molecule has 2 nitrogen and oxygen atoms in total. The maximum atomic E-state index is 3.70. The van der Waals surface area contributed by atoms with Crippen molar-refractivity contribution in [2.75, 3.05) is 24.5 Å². The Morgan fingerprint density at radius 3 is 3.06 bits per heavy atom. The summed E-state index contributed by atoms with van der Waals surface area (Å²) in [7, 11) is 0. The second-order valence-corrected chi connectivity index (χ2v) is 5.36. The maximum absolute atomic E-state index is 3.70. The van der Waals surface area contributed by atoms with Gasteiger partial charge in [0, 0.05) is 23.6 Å². The number of halogens is 1. The van der Waals surface area contributed by atoms with Gasteiger partial charge in [0.15, 0.2) is 0 Å². The molecule has 1 unspecified atom stereocenters. The van der Waals surface area contributed by atoms with E-state index >= 15 is 0 Å². The van der Waals surface area contributed by atoms with Gasteiger partial charge in [-0.15, -0.1) is 0 Å². The third kappa shape index (κ3) is 2.58. The highest BCUT2D eigenvalue weighted by molar-refractivity contribution is 9.10. The number of nitrogens with zero attached hydrogens (tertiary/aromatic N) is 1. The Hall–Kier alpha value is -0.540. The first-order valence-corrected chi connectivity index (χ1v) is 6.71. The molecule has 1 fully saturated rings. The van der Waals surface area contributed by atoms with E-state index in [0.717, 1.165) is 19.6 Å². The van der Waals surface area contributed by atoms with E-state index in [1.807, 2.05) is 0 Å². The van der Waals surface area contributed by atoms with E-state index < -0.39 is 0 Å². The van der Waals surface area contributed by atoms with Gasteiger partial charge in [-0.05, 0) is 54.4 Å². The maximum Gasteiger partial charge on any atom is 0.0513 e. The van der Waals surface area contributed by atoms with E-state index in [1.165, 1.54) is 22.1 Å². The Morgan fingerprint density at radius 2 is 2.25 bits per heavy atom. The van der Waals surface area contributed by atoms with Crippen LogP contribution in [0.4, 0.5) is 5.69 Å². The van der Waals surface area contributed by atoms with Gasteiger partial charge in [-0.25, -0.2) is 0 Å². The summed E-state index contributed by atoms with van der Waals surface area (Å²) in [5.41, 5.74) is 2.64. The first kappa shape index (κ1) is 11.9. The highest BCUT2D eigenvalue weighted by Gasteiger charge is 2.16. The number of benzene rings is 1. The van der Waals surface area contributed by atoms with Crippen molar-refractivity contribution in [3.63, 3.8) is 0 Å². The summed E-state index contributed by atoms with van der Waals surface area (Å²) in [6.07, 6.45) is 1.21. The molecule has 2 rings (SSSR count). The van der Waals surface area contributed by atoms with E-state index in [1.54, 1.807) is 0 Å². The fourth-order valence-corrected chi connectivity index (χ4v) is 2.71. The van der Waals surface area contributed by atoms with E-state index in [4.69, 9.17) is 0 Å². The molecule has 0 aromatic heterocycles. The molecule has 3 heteroatoms. The van der Waals surface area contributed by atoms with E-state index in [9.17, 15) is 0 Å². The van der Waals surface area contributed by atoms with E-state index in [-0.39, 0.29) is 0 Å². The minimum Gasteiger partial charge on any atom is -0.369 e. The monoisotopic (exact) mass is 282 g/mol. The third-order valence-corrected chi connectivity index (χ3v) is 4.14. The molecule has 1 heterocycles. The molecule has 0 bridgehead atoms. The number of aryl methyl sites for hydroxylation is 1. The SMILES string of the molecule is Cc1cccc(N2CCCNC(C)C2)c1Br. The average molecular weight is 283 g/mol. The van der Waals surface area contributed by atoms with E-state index in [2.05, 4.69) is 58.2 Å². The molecule has 1 atom stereocenters. The van der Waals surface area contributed by atoms with Crippen molar-refractivity contribution in [3.8, 4) is 0 Å². The van der Waals surface area contributed by atoms with Crippen LogP contribution in [0.25, 0.3) is 0 Å². The normalized spacial score (nSPS) is 21.9. The van der Waals surface area contributed by atoms with Crippen LogP contribution in [0.2, 0.25) is 0 Å². The molecule has 88 valence electrons. The van der Waals surface area contributed by atoms with Gasteiger partial charge in [-0.3, -0.25) is 0 Å². The standard InChI is InChI=1S/C13H19BrN2/c1-10-5-3-6-12(13(10)14)16-8-4-7-15-11(2)9-16/h3,5-6,11,15H,4,7-9H2,1-2H3. The van der Waals surface area contributed by atoms with Gasteiger partial charge < -0.3 is 10.2 Å². The van der Waals surface area contributed by atoms with Crippen molar-refractivity contribution in [2.45, 2.75) is 26.3 Å². The van der Waals surface area contributed by atoms with Crippen LogP contribution in [0.1, 0.15) is 18.9 Å². The second kappa shape index (κ2) is 5.19. The minimum absolute atomic E-state index is 0.565. The van der Waals surface area contributed by atoms with Gasteiger partial charge in [-0.1, -0.05) is 12.1 Å². The van der Waals surface area contributed by atoms with Crippen molar-refractivity contribution in [3.05, 3.63) is 28.2 Å². The molecular weight excluding hydrogens is 264 g/mol. The molecule has 0 aliphatic carbocycles. The highest BCUT2D eigenvalue weighted by Crippen LogP contribution is 2.29. The quantitative estimate of drug-likeness (QED) is 0.852. The van der Waals surface area contributed by atoms with Crippen LogP contribution >= 0.6 is 15.9 Å². The first-order chi connectivity index (χ1) is 7.68. The Bertz CT molecular complexity index is 365. The molecule has 0 radical (unpaired) electrons. The average Bonchev–Trinajstić information content (AvgIpc) is 2.47.